The van der Waals surface area contributed by atoms with Crippen molar-refractivity contribution in [2.45, 2.75) is 37.0 Å². The second-order valence-electron chi connectivity index (χ2n) is 8.65. The summed E-state index contributed by atoms with van der Waals surface area (Å²) in [6.07, 6.45) is 2.88. The summed E-state index contributed by atoms with van der Waals surface area (Å²) < 4.78 is 63.4. The van der Waals surface area contributed by atoms with Gasteiger partial charge in [0.05, 0.1) is 31.3 Å². The Bertz CT molecular complexity index is 1650. The van der Waals surface area contributed by atoms with Crippen LogP contribution in [0, 0.1) is 11.6 Å². The lowest BCUT2D eigenvalue weighted by Gasteiger charge is -2.06. The number of carbonyl (C=O) groups is 2. The molecule has 0 aliphatic rings. The van der Waals surface area contributed by atoms with E-state index in [1.165, 1.54) is 36.0 Å². The molecule has 10 nitrogen and oxygen atoms in total. The van der Waals surface area contributed by atoms with Crippen molar-refractivity contribution < 1.29 is 36.3 Å². The standard InChI is InChI=1S/C14H15FN2O4S.C14H15FN2O2S/c1-3-21-14(18)12-8-13(22(2,19)20)17(16-12)9-10-6-4-5-7-11(10)15;1-3-19-14(18)12-8-13(20-2)17(16-12)9-10-6-4-5-7-11(10)15/h4-8H,3,9H2,1-2H3;4-8H,3,9H2,1-2H3. The van der Waals surface area contributed by atoms with E-state index in [0.717, 1.165) is 22.0 Å². The number of esters is 2. The zero-order valence-corrected chi connectivity index (χ0v) is 25.0. The zero-order valence-electron chi connectivity index (χ0n) is 23.4. The summed E-state index contributed by atoms with van der Waals surface area (Å²) in [7, 11) is -3.62. The van der Waals surface area contributed by atoms with Crippen molar-refractivity contribution in [1.82, 2.24) is 19.6 Å². The van der Waals surface area contributed by atoms with E-state index < -0.39 is 27.6 Å². The molecule has 0 unspecified atom stereocenters. The molecule has 4 rings (SSSR count). The highest BCUT2D eigenvalue weighted by atomic mass is 32.2. The first-order valence-electron chi connectivity index (χ1n) is 12.7. The van der Waals surface area contributed by atoms with Gasteiger partial charge in [0, 0.05) is 29.5 Å². The topological polar surface area (TPSA) is 122 Å². The normalized spacial score (nSPS) is 11.0. The van der Waals surface area contributed by atoms with E-state index in [-0.39, 0.29) is 47.5 Å². The molecule has 0 saturated heterocycles. The minimum atomic E-state index is -3.62. The number of carbonyl (C=O) groups excluding carboxylic acids is 2. The second-order valence-corrected chi connectivity index (χ2v) is 11.4. The lowest BCUT2D eigenvalue weighted by molar-refractivity contribution is 0.0509. The quantitative estimate of drug-likeness (QED) is 0.185. The van der Waals surface area contributed by atoms with Crippen LogP contribution in [-0.4, -0.2) is 65.6 Å². The minimum absolute atomic E-state index is 0.103. The van der Waals surface area contributed by atoms with Crippen molar-refractivity contribution in [2.75, 3.05) is 25.7 Å². The molecule has 0 spiro atoms. The van der Waals surface area contributed by atoms with Crippen LogP contribution < -0.4 is 0 Å². The van der Waals surface area contributed by atoms with Crippen molar-refractivity contribution in [1.29, 1.82) is 0 Å². The van der Waals surface area contributed by atoms with Crippen LogP contribution in [-0.2, 0) is 32.4 Å². The second kappa shape index (κ2) is 14.7. The van der Waals surface area contributed by atoms with E-state index in [1.807, 2.05) is 6.26 Å². The summed E-state index contributed by atoms with van der Waals surface area (Å²) in [5.74, 6) is -1.95. The third kappa shape index (κ3) is 8.49. The molecule has 0 amide bonds. The molecule has 0 atom stereocenters. The molecule has 0 aliphatic heterocycles. The number of halogens is 2. The van der Waals surface area contributed by atoms with Gasteiger partial charge in [-0.25, -0.2) is 31.5 Å². The third-order valence-electron chi connectivity index (χ3n) is 5.60. The van der Waals surface area contributed by atoms with Gasteiger partial charge in [-0.05, 0) is 32.2 Å². The summed E-state index contributed by atoms with van der Waals surface area (Å²) in [4.78, 5) is 23.4. The van der Waals surface area contributed by atoms with Crippen LogP contribution in [0.4, 0.5) is 8.78 Å². The first-order chi connectivity index (χ1) is 20.0. The Labute approximate surface area is 246 Å². The van der Waals surface area contributed by atoms with E-state index >= 15 is 0 Å². The Balaban J connectivity index is 0.000000231. The monoisotopic (exact) mass is 620 g/mol. The number of ether oxygens (including phenoxy) is 2. The Hall–Kier alpha value is -4.04. The van der Waals surface area contributed by atoms with Gasteiger partial charge in [-0.1, -0.05) is 36.4 Å². The van der Waals surface area contributed by atoms with Gasteiger partial charge < -0.3 is 9.47 Å². The fraction of sp³-hybridized carbons (Fsp3) is 0.286. The predicted molar refractivity (Wildman–Crippen MR) is 152 cm³/mol. The van der Waals surface area contributed by atoms with Crippen LogP contribution in [0.1, 0.15) is 46.0 Å². The van der Waals surface area contributed by atoms with Crippen molar-refractivity contribution in [3.8, 4) is 0 Å². The average molecular weight is 621 g/mol. The van der Waals surface area contributed by atoms with Crippen molar-refractivity contribution in [3.05, 3.63) is 94.8 Å². The molecule has 14 heteroatoms. The largest absolute Gasteiger partial charge is 0.461 e. The first kappa shape index (κ1) is 32.5. The highest BCUT2D eigenvalue weighted by Gasteiger charge is 2.22. The summed E-state index contributed by atoms with van der Waals surface area (Å²) in [6.45, 7) is 3.99. The Morgan fingerprint density at radius 2 is 1.26 bits per heavy atom. The average Bonchev–Trinajstić information content (AvgIpc) is 3.57. The number of aromatic nitrogens is 4. The fourth-order valence-corrected chi connectivity index (χ4v) is 5.03. The highest BCUT2D eigenvalue weighted by molar-refractivity contribution is 7.98. The molecule has 0 radical (unpaired) electrons. The van der Waals surface area contributed by atoms with E-state index in [9.17, 15) is 26.8 Å². The smallest absolute Gasteiger partial charge is 0.358 e. The van der Waals surface area contributed by atoms with Crippen LogP contribution in [0.15, 0.2) is 70.7 Å². The Kier molecular flexibility index (Phi) is 11.4. The number of nitrogens with zero attached hydrogens (tertiary/aromatic N) is 4. The lowest BCUT2D eigenvalue weighted by Crippen LogP contribution is -2.12. The van der Waals surface area contributed by atoms with E-state index in [0.29, 0.717) is 12.2 Å². The molecule has 0 aliphatic carbocycles. The highest BCUT2D eigenvalue weighted by Crippen LogP contribution is 2.20. The number of rotatable bonds is 10. The van der Waals surface area contributed by atoms with E-state index in [1.54, 1.807) is 48.9 Å². The van der Waals surface area contributed by atoms with Gasteiger partial charge in [0.1, 0.15) is 11.6 Å². The van der Waals surface area contributed by atoms with Gasteiger partial charge in [-0.15, -0.1) is 11.8 Å². The predicted octanol–water partition coefficient (Wildman–Crippen LogP) is 4.62. The lowest BCUT2D eigenvalue weighted by atomic mass is 10.2. The number of hydrogen-bond acceptors (Lipinski definition) is 9. The number of sulfone groups is 1. The van der Waals surface area contributed by atoms with Gasteiger partial charge in [-0.2, -0.15) is 10.2 Å². The molecule has 224 valence electrons. The van der Waals surface area contributed by atoms with Crippen LogP contribution in [0.3, 0.4) is 0 Å². The minimum Gasteiger partial charge on any atom is -0.461 e. The van der Waals surface area contributed by atoms with Crippen molar-refractivity contribution >= 4 is 33.5 Å². The summed E-state index contributed by atoms with van der Waals surface area (Å²) in [6, 6.07) is 15.3. The number of hydrogen-bond donors (Lipinski definition) is 0. The van der Waals surface area contributed by atoms with Gasteiger partial charge in [-0.3, -0.25) is 4.68 Å². The molecule has 2 aromatic carbocycles. The summed E-state index contributed by atoms with van der Waals surface area (Å²) in [5.41, 5.74) is 0.915. The van der Waals surface area contributed by atoms with Crippen LogP contribution in [0.2, 0.25) is 0 Å². The van der Waals surface area contributed by atoms with Crippen molar-refractivity contribution in [2.24, 2.45) is 0 Å². The van der Waals surface area contributed by atoms with Crippen LogP contribution >= 0.6 is 11.8 Å². The number of thioether (sulfide) groups is 1. The summed E-state index contributed by atoms with van der Waals surface area (Å²) in [5, 5.41) is 8.74. The van der Waals surface area contributed by atoms with E-state index in [2.05, 4.69) is 10.2 Å². The maximum atomic E-state index is 13.7. The molecular formula is C28H30F2N4O6S2. The SMILES string of the molecule is CCOC(=O)c1cc(S(C)(=O)=O)n(Cc2ccccc2F)n1.CCOC(=O)c1cc(SC)n(Cc2ccccc2F)n1. The maximum Gasteiger partial charge on any atom is 0.358 e. The first-order valence-corrected chi connectivity index (χ1v) is 15.8. The molecule has 0 saturated carbocycles. The molecule has 0 bridgehead atoms. The van der Waals surface area contributed by atoms with Gasteiger partial charge in [0.25, 0.3) is 0 Å². The van der Waals surface area contributed by atoms with Gasteiger partial charge in [0.2, 0.25) is 0 Å². The molecule has 4 aromatic rings. The van der Waals surface area contributed by atoms with Crippen LogP contribution in [0.5, 0.6) is 0 Å². The molecule has 2 aromatic heterocycles. The molecule has 0 fully saturated rings. The Morgan fingerprint density at radius 3 is 1.71 bits per heavy atom. The molecular weight excluding hydrogens is 590 g/mol. The maximum absolute atomic E-state index is 13.7. The summed E-state index contributed by atoms with van der Waals surface area (Å²) >= 11 is 1.45. The number of benzene rings is 2. The molecule has 2 heterocycles. The van der Waals surface area contributed by atoms with Crippen LogP contribution in [0.25, 0.3) is 0 Å². The van der Waals surface area contributed by atoms with Gasteiger partial charge in [0.15, 0.2) is 26.3 Å². The van der Waals surface area contributed by atoms with E-state index in [4.69, 9.17) is 9.47 Å². The molecule has 42 heavy (non-hydrogen) atoms. The Morgan fingerprint density at radius 1 is 0.810 bits per heavy atom. The van der Waals surface area contributed by atoms with Crippen molar-refractivity contribution in [3.63, 3.8) is 0 Å². The zero-order chi connectivity index (χ0) is 30.9. The molecule has 0 N–H and O–H groups in total. The fourth-order valence-electron chi connectivity index (χ4n) is 3.67. The van der Waals surface area contributed by atoms with Gasteiger partial charge >= 0.3 is 11.9 Å². The third-order valence-corrected chi connectivity index (χ3v) is 7.44.